The molecule has 0 fully saturated rings. The number of rotatable bonds is 8. The molecule has 186 valence electrons. The van der Waals surface area contributed by atoms with E-state index in [1.54, 1.807) is 42.5 Å². The highest BCUT2D eigenvalue weighted by Crippen LogP contribution is 2.25. The number of ether oxygens (including phenoxy) is 2. The summed E-state index contributed by atoms with van der Waals surface area (Å²) in [6.45, 7) is 0.166. The third-order valence-corrected chi connectivity index (χ3v) is 4.88. The third-order valence-electron chi connectivity index (χ3n) is 4.88. The summed E-state index contributed by atoms with van der Waals surface area (Å²) in [6, 6.07) is 23.0. The molecule has 3 aromatic carbocycles. The molecule has 8 nitrogen and oxygen atoms in total. The SMILES string of the molecule is N#Cc1c(-c2ccccc2)nc(NN=Cc2cccc(COc3ccc(OC(F)(F)F)cc3)c2)[nH]c1=O. The van der Waals surface area contributed by atoms with Gasteiger partial charge in [0.15, 0.2) is 0 Å². The molecule has 0 spiro atoms. The quantitative estimate of drug-likeness (QED) is 0.250. The van der Waals surface area contributed by atoms with Crippen LogP contribution < -0.4 is 20.5 Å². The number of benzene rings is 3. The van der Waals surface area contributed by atoms with Gasteiger partial charge in [-0.2, -0.15) is 10.4 Å². The van der Waals surface area contributed by atoms with Crippen LogP contribution in [0.5, 0.6) is 11.5 Å². The maximum absolute atomic E-state index is 12.3. The van der Waals surface area contributed by atoms with Gasteiger partial charge in [0.25, 0.3) is 5.56 Å². The molecule has 4 aromatic rings. The van der Waals surface area contributed by atoms with Crippen molar-refractivity contribution in [3.05, 3.63) is 106 Å². The normalized spacial score (nSPS) is 11.2. The Balaban J connectivity index is 1.40. The van der Waals surface area contributed by atoms with Crippen LogP contribution >= 0.6 is 0 Å². The molecule has 0 radical (unpaired) electrons. The van der Waals surface area contributed by atoms with E-state index in [4.69, 9.17) is 4.74 Å². The Hall–Kier alpha value is -5.11. The Kier molecular flexibility index (Phi) is 7.49. The van der Waals surface area contributed by atoms with Gasteiger partial charge in [0, 0.05) is 5.56 Å². The van der Waals surface area contributed by atoms with Crippen molar-refractivity contribution < 1.29 is 22.6 Å². The van der Waals surface area contributed by atoms with E-state index in [0.717, 1.165) is 5.56 Å². The van der Waals surface area contributed by atoms with Crippen molar-refractivity contribution in [1.82, 2.24) is 9.97 Å². The number of halogens is 3. The number of H-pyrrole nitrogens is 1. The van der Waals surface area contributed by atoms with Gasteiger partial charge < -0.3 is 9.47 Å². The molecular weight excluding hydrogens is 487 g/mol. The van der Waals surface area contributed by atoms with Gasteiger partial charge in [-0.3, -0.25) is 9.78 Å². The van der Waals surface area contributed by atoms with Crippen LogP contribution in [0.3, 0.4) is 0 Å². The lowest BCUT2D eigenvalue weighted by atomic mass is 10.1. The monoisotopic (exact) mass is 505 g/mol. The minimum absolute atomic E-state index is 0.0662. The summed E-state index contributed by atoms with van der Waals surface area (Å²) in [7, 11) is 0. The smallest absolute Gasteiger partial charge is 0.489 e. The van der Waals surface area contributed by atoms with Crippen molar-refractivity contribution in [2.45, 2.75) is 13.0 Å². The zero-order chi connectivity index (χ0) is 26.3. The molecule has 0 bridgehead atoms. The number of hydrogen-bond donors (Lipinski definition) is 2. The summed E-state index contributed by atoms with van der Waals surface area (Å²) in [4.78, 5) is 19.1. The lowest BCUT2D eigenvalue weighted by Gasteiger charge is -2.10. The fraction of sp³-hybridized carbons (Fsp3) is 0.0769. The second kappa shape index (κ2) is 11.1. The van der Waals surface area contributed by atoms with Crippen LogP contribution in [-0.4, -0.2) is 22.5 Å². The maximum atomic E-state index is 12.3. The summed E-state index contributed by atoms with van der Waals surface area (Å²) in [5.74, 6) is 0.108. The standard InChI is InChI=1S/C26H18F3N5O3/c27-26(28,29)37-21-11-9-20(10-12-21)36-16-18-6-4-5-17(13-18)15-31-34-25-32-23(19-7-2-1-3-8-19)22(14-30)24(35)33-25/h1-13,15H,16H2,(H2,32,33,34,35). The number of nitrogens with one attached hydrogen (secondary N) is 2. The van der Waals surface area contributed by atoms with Gasteiger partial charge in [-0.1, -0.05) is 48.5 Å². The predicted molar refractivity (Wildman–Crippen MR) is 130 cm³/mol. The Labute approximate surface area is 208 Å². The summed E-state index contributed by atoms with van der Waals surface area (Å²) >= 11 is 0. The van der Waals surface area contributed by atoms with E-state index < -0.39 is 11.9 Å². The first-order valence-electron chi connectivity index (χ1n) is 10.8. The van der Waals surface area contributed by atoms with E-state index in [9.17, 15) is 23.2 Å². The second-order valence-corrected chi connectivity index (χ2v) is 7.54. The molecule has 4 rings (SSSR count). The van der Waals surface area contributed by atoms with Crippen molar-refractivity contribution in [1.29, 1.82) is 5.26 Å². The zero-order valence-electron chi connectivity index (χ0n) is 19.0. The van der Waals surface area contributed by atoms with Crippen molar-refractivity contribution in [3.63, 3.8) is 0 Å². The van der Waals surface area contributed by atoms with Crippen LogP contribution in [-0.2, 0) is 6.61 Å². The summed E-state index contributed by atoms with van der Waals surface area (Å²) in [5.41, 5.74) is 4.33. The summed E-state index contributed by atoms with van der Waals surface area (Å²) < 4.78 is 46.3. The van der Waals surface area contributed by atoms with Gasteiger partial charge in [-0.15, -0.1) is 13.2 Å². The molecule has 1 aromatic heterocycles. The highest BCUT2D eigenvalue weighted by atomic mass is 19.4. The lowest BCUT2D eigenvalue weighted by Crippen LogP contribution is -2.16. The first kappa shape index (κ1) is 25.0. The van der Waals surface area contributed by atoms with E-state index in [0.29, 0.717) is 16.9 Å². The van der Waals surface area contributed by atoms with Gasteiger partial charge in [0.2, 0.25) is 5.95 Å². The number of anilines is 1. The van der Waals surface area contributed by atoms with E-state index in [2.05, 4.69) is 25.2 Å². The molecule has 0 unspecified atom stereocenters. The first-order chi connectivity index (χ1) is 17.8. The average molecular weight is 505 g/mol. The van der Waals surface area contributed by atoms with Crippen LogP contribution in [0.2, 0.25) is 0 Å². The van der Waals surface area contributed by atoms with Gasteiger partial charge in [0.1, 0.15) is 29.7 Å². The number of aromatic nitrogens is 2. The molecule has 0 saturated carbocycles. The first-order valence-corrected chi connectivity index (χ1v) is 10.8. The number of nitriles is 1. The largest absolute Gasteiger partial charge is 0.573 e. The molecule has 2 N–H and O–H groups in total. The summed E-state index contributed by atoms with van der Waals surface area (Å²) in [5, 5.41) is 13.5. The molecular formula is C26H18F3N5O3. The van der Waals surface area contributed by atoms with E-state index in [1.807, 2.05) is 18.2 Å². The van der Waals surface area contributed by atoms with E-state index >= 15 is 0 Å². The lowest BCUT2D eigenvalue weighted by molar-refractivity contribution is -0.274. The van der Waals surface area contributed by atoms with Gasteiger partial charge >= 0.3 is 6.36 Å². The Morgan fingerprint density at radius 2 is 1.76 bits per heavy atom. The van der Waals surface area contributed by atoms with Crippen LogP contribution in [0.25, 0.3) is 11.3 Å². The van der Waals surface area contributed by atoms with Crippen molar-refractivity contribution in [2.75, 3.05) is 5.43 Å². The summed E-state index contributed by atoms with van der Waals surface area (Å²) in [6.07, 6.45) is -3.25. The fourth-order valence-corrected chi connectivity index (χ4v) is 3.27. The minimum atomic E-state index is -4.76. The molecule has 0 aliphatic rings. The molecule has 0 aliphatic carbocycles. The Morgan fingerprint density at radius 3 is 2.46 bits per heavy atom. The van der Waals surface area contributed by atoms with Crippen molar-refractivity contribution in [2.24, 2.45) is 5.10 Å². The fourth-order valence-electron chi connectivity index (χ4n) is 3.27. The number of hydrogen-bond acceptors (Lipinski definition) is 7. The minimum Gasteiger partial charge on any atom is -0.489 e. The second-order valence-electron chi connectivity index (χ2n) is 7.54. The van der Waals surface area contributed by atoms with E-state index in [1.165, 1.54) is 30.5 Å². The van der Waals surface area contributed by atoms with Gasteiger partial charge in [-0.05, 0) is 41.5 Å². The zero-order valence-corrected chi connectivity index (χ0v) is 19.0. The Morgan fingerprint density at radius 1 is 1.03 bits per heavy atom. The predicted octanol–water partition coefficient (Wildman–Crippen LogP) is 5.23. The highest BCUT2D eigenvalue weighted by molar-refractivity contribution is 5.80. The van der Waals surface area contributed by atoms with Gasteiger partial charge in [0.05, 0.1) is 11.9 Å². The van der Waals surface area contributed by atoms with Crippen LogP contribution in [0.4, 0.5) is 19.1 Å². The van der Waals surface area contributed by atoms with Crippen LogP contribution in [0.15, 0.2) is 88.8 Å². The number of alkyl halides is 3. The molecule has 11 heteroatoms. The topological polar surface area (TPSA) is 112 Å². The number of nitrogens with zero attached hydrogens (tertiary/aromatic N) is 3. The van der Waals surface area contributed by atoms with E-state index in [-0.39, 0.29) is 29.6 Å². The third kappa shape index (κ3) is 6.95. The van der Waals surface area contributed by atoms with Crippen LogP contribution in [0.1, 0.15) is 16.7 Å². The van der Waals surface area contributed by atoms with Crippen molar-refractivity contribution >= 4 is 12.2 Å². The molecule has 0 aliphatic heterocycles. The van der Waals surface area contributed by atoms with Gasteiger partial charge in [-0.25, -0.2) is 10.4 Å². The highest BCUT2D eigenvalue weighted by Gasteiger charge is 2.31. The molecule has 0 saturated heterocycles. The Bertz CT molecular complexity index is 1500. The van der Waals surface area contributed by atoms with Crippen LogP contribution in [0, 0.1) is 11.3 Å². The average Bonchev–Trinajstić information content (AvgIpc) is 2.88. The molecule has 37 heavy (non-hydrogen) atoms. The number of hydrazone groups is 1. The number of aromatic amines is 1. The molecule has 1 heterocycles. The van der Waals surface area contributed by atoms with Crippen molar-refractivity contribution in [3.8, 4) is 28.8 Å². The maximum Gasteiger partial charge on any atom is 0.573 e. The molecule has 0 amide bonds. The molecule has 0 atom stereocenters.